The van der Waals surface area contributed by atoms with Crippen molar-refractivity contribution >= 4 is 17.5 Å². The van der Waals surface area contributed by atoms with Gasteiger partial charge in [-0.15, -0.1) is 0 Å². The minimum absolute atomic E-state index is 0.0773. The van der Waals surface area contributed by atoms with Crippen LogP contribution in [0.3, 0.4) is 0 Å². The Morgan fingerprint density at radius 2 is 1.88 bits per heavy atom. The second-order valence-corrected chi connectivity index (χ2v) is 7.28. The Hall–Kier alpha value is -2.60. The quantitative estimate of drug-likeness (QED) is 0.830. The highest BCUT2D eigenvalue weighted by Crippen LogP contribution is 2.34. The lowest BCUT2D eigenvalue weighted by molar-refractivity contribution is -0.123. The highest BCUT2D eigenvalue weighted by molar-refractivity contribution is 5.96. The lowest BCUT2D eigenvalue weighted by Gasteiger charge is -2.46. The molecule has 2 aliphatic rings. The molecule has 2 aliphatic heterocycles. The molecule has 136 valence electrons. The van der Waals surface area contributed by atoms with E-state index in [1.165, 1.54) is 0 Å². The molecule has 6 heteroatoms. The molecule has 1 aromatic carbocycles. The van der Waals surface area contributed by atoms with Gasteiger partial charge in [-0.2, -0.15) is 0 Å². The van der Waals surface area contributed by atoms with Crippen molar-refractivity contribution in [3.63, 3.8) is 0 Å². The third-order valence-corrected chi connectivity index (χ3v) is 5.57. The van der Waals surface area contributed by atoms with Crippen LogP contribution in [0.1, 0.15) is 22.7 Å². The summed E-state index contributed by atoms with van der Waals surface area (Å²) in [5, 5.41) is 0. The van der Waals surface area contributed by atoms with Gasteiger partial charge in [-0.3, -0.25) is 14.5 Å². The van der Waals surface area contributed by atoms with Crippen LogP contribution in [0.5, 0.6) is 0 Å². The van der Waals surface area contributed by atoms with Crippen LogP contribution in [-0.4, -0.2) is 60.4 Å². The zero-order valence-corrected chi connectivity index (χ0v) is 15.1. The van der Waals surface area contributed by atoms with Crippen LogP contribution >= 0.6 is 0 Å². The Balaban J connectivity index is 1.56. The monoisotopic (exact) mass is 353 g/mol. The number of carbonyl (C=O) groups is 2. The van der Waals surface area contributed by atoms with Crippen LogP contribution in [-0.2, 0) is 4.79 Å². The fourth-order valence-corrected chi connectivity index (χ4v) is 3.98. The van der Waals surface area contributed by atoms with E-state index in [9.17, 15) is 9.59 Å². The Kier molecular flexibility index (Phi) is 4.07. The van der Waals surface area contributed by atoms with Gasteiger partial charge in [0, 0.05) is 25.3 Å². The first kappa shape index (κ1) is 16.8. The first-order valence-corrected chi connectivity index (χ1v) is 8.91. The smallest absolute Gasteiger partial charge is 0.289 e. The number of benzene rings is 1. The number of rotatable bonds is 2. The standard InChI is InChI=1S/C20H23N3O3/c1-15-8-9-17(26-15)19(25)22-11-10-20(13-22)14-23(18(24)12-21(20)2)16-6-4-3-5-7-16/h3-9H,10-14H2,1-2H3. The molecule has 0 saturated carbocycles. The third kappa shape index (κ3) is 2.80. The van der Waals surface area contributed by atoms with Crippen molar-refractivity contribution < 1.29 is 14.0 Å². The summed E-state index contributed by atoms with van der Waals surface area (Å²) in [6.07, 6.45) is 0.839. The average Bonchev–Trinajstić information content (AvgIpc) is 3.26. The molecule has 2 saturated heterocycles. The first-order valence-electron chi connectivity index (χ1n) is 8.91. The molecule has 3 heterocycles. The summed E-state index contributed by atoms with van der Waals surface area (Å²) < 4.78 is 5.50. The van der Waals surface area contributed by atoms with Gasteiger partial charge >= 0.3 is 0 Å². The Labute approximate surface area is 153 Å². The summed E-state index contributed by atoms with van der Waals surface area (Å²) >= 11 is 0. The van der Waals surface area contributed by atoms with Gasteiger partial charge in [0.25, 0.3) is 5.91 Å². The maximum atomic E-state index is 12.7. The summed E-state index contributed by atoms with van der Waals surface area (Å²) in [5.41, 5.74) is 0.692. The topological polar surface area (TPSA) is 57.0 Å². The predicted molar refractivity (Wildman–Crippen MR) is 98.1 cm³/mol. The zero-order valence-electron chi connectivity index (χ0n) is 15.1. The van der Waals surface area contributed by atoms with Crippen LogP contribution in [0.25, 0.3) is 0 Å². The van der Waals surface area contributed by atoms with Crippen LogP contribution in [0, 0.1) is 6.92 Å². The summed E-state index contributed by atoms with van der Waals surface area (Å²) in [5.74, 6) is 1.13. The van der Waals surface area contributed by atoms with Gasteiger partial charge in [-0.05, 0) is 44.7 Å². The zero-order chi connectivity index (χ0) is 18.3. The van der Waals surface area contributed by atoms with E-state index in [0.717, 1.165) is 17.9 Å². The van der Waals surface area contributed by atoms with E-state index in [1.54, 1.807) is 6.07 Å². The van der Waals surface area contributed by atoms with E-state index in [1.807, 2.05) is 60.2 Å². The van der Waals surface area contributed by atoms with Crippen molar-refractivity contribution in [3.8, 4) is 0 Å². The molecule has 2 fully saturated rings. The van der Waals surface area contributed by atoms with E-state index in [-0.39, 0.29) is 17.4 Å². The molecule has 1 aromatic heterocycles. The minimum Gasteiger partial charge on any atom is -0.456 e. The second kappa shape index (κ2) is 6.29. The average molecular weight is 353 g/mol. The molecule has 1 unspecified atom stereocenters. The molecule has 26 heavy (non-hydrogen) atoms. The van der Waals surface area contributed by atoms with Gasteiger partial charge in [-0.25, -0.2) is 0 Å². The molecule has 4 rings (SSSR count). The molecule has 0 N–H and O–H groups in total. The second-order valence-electron chi connectivity index (χ2n) is 7.28. The third-order valence-electron chi connectivity index (χ3n) is 5.57. The number of likely N-dealkylation sites (tertiary alicyclic amines) is 1. The van der Waals surface area contributed by atoms with Gasteiger partial charge in [0.1, 0.15) is 5.76 Å². The van der Waals surface area contributed by atoms with Crippen LogP contribution in [0.4, 0.5) is 5.69 Å². The summed E-state index contributed by atoms with van der Waals surface area (Å²) in [6, 6.07) is 13.3. The van der Waals surface area contributed by atoms with E-state index in [0.29, 0.717) is 31.9 Å². The number of amides is 2. The van der Waals surface area contributed by atoms with Gasteiger partial charge in [0.05, 0.1) is 12.1 Å². The molecule has 0 bridgehead atoms. The molecule has 2 aromatic rings. The van der Waals surface area contributed by atoms with Gasteiger partial charge in [0.2, 0.25) is 5.91 Å². The van der Waals surface area contributed by atoms with Crippen LogP contribution in [0.2, 0.25) is 0 Å². The highest BCUT2D eigenvalue weighted by Gasteiger charge is 2.49. The van der Waals surface area contributed by atoms with Crippen molar-refractivity contribution in [2.45, 2.75) is 18.9 Å². The normalized spacial score (nSPS) is 23.8. The van der Waals surface area contributed by atoms with Gasteiger partial charge < -0.3 is 14.2 Å². The van der Waals surface area contributed by atoms with Crippen LogP contribution < -0.4 is 4.90 Å². The highest BCUT2D eigenvalue weighted by atomic mass is 16.3. The molecular formula is C20H23N3O3. The largest absolute Gasteiger partial charge is 0.456 e. The van der Waals surface area contributed by atoms with Gasteiger partial charge in [-0.1, -0.05) is 18.2 Å². The fourth-order valence-electron chi connectivity index (χ4n) is 3.98. The number of piperazine rings is 1. The molecule has 0 radical (unpaired) electrons. The Bertz CT molecular complexity index is 832. The first-order chi connectivity index (χ1) is 12.5. The Morgan fingerprint density at radius 3 is 2.58 bits per heavy atom. The maximum absolute atomic E-state index is 12.7. The van der Waals surface area contributed by atoms with Crippen molar-refractivity contribution in [1.82, 2.24) is 9.80 Å². The number of para-hydroxylation sites is 1. The summed E-state index contributed by atoms with van der Waals surface area (Å²) in [4.78, 5) is 31.1. The lowest BCUT2D eigenvalue weighted by Crippen LogP contribution is -2.64. The molecule has 2 amide bonds. The lowest BCUT2D eigenvalue weighted by atomic mass is 9.92. The van der Waals surface area contributed by atoms with Crippen molar-refractivity contribution in [1.29, 1.82) is 0 Å². The Morgan fingerprint density at radius 1 is 1.12 bits per heavy atom. The molecule has 1 spiro atoms. The number of anilines is 1. The van der Waals surface area contributed by atoms with Crippen LogP contribution in [0.15, 0.2) is 46.9 Å². The number of hydrogen-bond acceptors (Lipinski definition) is 4. The number of aryl methyl sites for hydroxylation is 1. The van der Waals surface area contributed by atoms with E-state index < -0.39 is 0 Å². The number of nitrogens with zero attached hydrogens (tertiary/aromatic N) is 3. The van der Waals surface area contributed by atoms with Crippen molar-refractivity contribution in [2.75, 3.05) is 38.1 Å². The predicted octanol–water partition coefficient (Wildman–Crippen LogP) is 2.15. The molecule has 1 atom stereocenters. The summed E-state index contributed by atoms with van der Waals surface area (Å²) in [6.45, 7) is 4.04. The van der Waals surface area contributed by atoms with E-state index >= 15 is 0 Å². The number of likely N-dealkylation sites (N-methyl/N-ethyl adjacent to an activating group) is 1. The van der Waals surface area contributed by atoms with E-state index in [4.69, 9.17) is 4.42 Å². The van der Waals surface area contributed by atoms with Crippen molar-refractivity contribution in [2.24, 2.45) is 0 Å². The summed E-state index contributed by atoms with van der Waals surface area (Å²) in [7, 11) is 1.98. The van der Waals surface area contributed by atoms with Gasteiger partial charge in [0.15, 0.2) is 5.76 Å². The SMILES string of the molecule is Cc1ccc(C(=O)N2CCC3(C2)CN(c2ccccc2)C(=O)CN3C)o1. The molecule has 0 aliphatic carbocycles. The fraction of sp³-hybridized carbons (Fsp3) is 0.400. The molecular weight excluding hydrogens is 330 g/mol. The minimum atomic E-state index is -0.221. The van der Waals surface area contributed by atoms with Crippen molar-refractivity contribution in [3.05, 3.63) is 54.0 Å². The molecule has 6 nitrogen and oxygen atoms in total. The number of hydrogen-bond donors (Lipinski definition) is 0. The number of furan rings is 1. The maximum Gasteiger partial charge on any atom is 0.289 e. The number of carbonyl (C=O) groups excluding carboxylic acids is 2. The van der Waals surface area contributed by atoms with E-state index in [2.05, 4.69) is 4.90 Å².